The lowest BCUT2D eigenvalue weighted by Gasteiger charge is -2.31. The second-order valence-corrected chi connectivity index (χ2v) is 10.8. The van der Waals surface area contributed by atoms with Crippen LogP contribution in [0.4, 0.5) is 5.69 Å². The summed E-state index contributed by atoms with van der Waals surface area (Å²) in [6.07, 6.45) is 0.831. The third-order valence-electron chi connectivity index (χ3n) is 5.33. The van der Waals surface area contributed by atoms with E-state index < -0.39 is 10.0 Å². The van der Waals surface area contributed by atoms with Crippen LogP contribution in [-0.4, -0.2) is 77.8 Å². The summed E-state index contributed by atoms with van der Waals surface area (Å²) in [5, 5.41) is 2.97. The molecule has 1 N–H and O–H groups in total. The Balaban J connectivity index is 1.89. The van der Waals surface area contributed by atoms with E-state index in [0.29, 0.717) is 64.7 Å². The highest BCUT2D eigenvalue weighted by Crippen LogP contribution is 2.27. The first kappa shape index (κ1) is 23.0. The summed E-state index contributed by atoms with van der Waals surface area (Å²) in [4.78, 5) is 15.3. The Labute approximate surface area is 179 Å². The fraction of sp³-hybridized carbons (Fsp3) is 0.667. The van der Waals surface area contributed by atoms with Crippen LogP contribution in [0.5, 0.6) is 0 Å². The normalized spacial score (nSPS) is 19.0. The molecule has 0 aromatic heterocycles. The van der Waals surface area contributed by atoms with Gasteiger partial charge in [-0.05, 0) is 30.0 Å². The van der Waals surface area contributed by atoms with Gasteiger partial charge in [-0.2, -0.15) is 4.31 Å². The molecule has 2 aliphatic rings. The molecule has 2 heterocycles. The molecule has 1 aromatic rings. The van der Waals surface area contributed by atoms with Gasteiger partial charge in [0, 0.05) is 38.4 Å². The third kappa shape index (κ3) is 5.72. The van der Waals surface area contributed by atoms with Crippen molar-refractivity contribution in [2.45, 2.75) is 32.1 Å². The number of carbonyl (C=O) groups is 1. The van der Waals surface area contributed by atoms with Gasteiger partial charge in [-0.3, -0.25) is 4.79 Å². The molecule has 0 unspecified atom stereocenters. The lowest BCUT2D eigenvalue weighted by molar-refractivity contribution is 0.0730. The number of sulfonamides is 1. The summed E-state index contributed by atoms with van der Waals surface area (Å²) < 4.78 is 38.3. The summed E-state index contributed by atoms with van der Waals surface area (Å²) in [5.41, 5.74) is 1.23. The number of carbonyl (C=O) groups excluding carboxylic acids is 1. The third-order valence-corrected chi connectivity index (χ3v) is 7.23. The van der Waals surface area contributed by atoms with E-state index in [2.05, 4.69) is 31.0 Å². The van der Waals surface area contributed by atoms with Crippen LogP contribution in [0, 0.1) is 5.41 Å². The van der Waals surface area contributed by atoms with E-state index in [0.717, 1.165) is 12.1 Å². The number of hydrogen-bond donors (Lipinski definition) is 1. The van der Waals surface area contributed by atoms with Gasteiger partial charge >= 0.3 is 0 Å². The van der Waals surface area contributed by atoms with Crippen molar-refractivity contribution in [2.75, 3.05) is 64.1 Å². The second-order valence-electron chi connectivity index (χ2n) is 8.86. The molecular weight excluding hydrogens is 406 g/mol. The summed E-state index contributed by atoms with van der Waals surface area (Å²) in [6.45, 7) is 10.8. The van der Waals surface area contributed by atoms with Crippen molar-refractivity contribution in [3.05, 3.63) is 23.8 Å². The molecule has 8 nitrogen and oxygen atoms in total. The lowest BCUT2D eigenvalue weighted by atomic mass is 9.92. The van der Waals surface area contributed by atoms with Gasteiger partial charge in [-0.15, -0.1) is 0 Å². The molecule has 0 bridgehead atoms. The predicted molar refractivity (Wildman–Crippen MR) is 115 cm³/mol. The molecule has 168 valence electrons. The number of morpholine rings is 2. The van der Waals surface area contributed by atoms with Gasteiger partial charge in [0.25, 0.3) is 5.91 Å². The summed E-state index contributed by atoms with van der Waals surface area (Å²) in [7, 11) is -3.68. The van der Waals surface area contributed by atoms with Gasteiger partial charge in [0.1, 0.15) is 0 Å². The van der Waals surface area contributed by atoms with Crippen molar-refractivity contribution < 1.29 is 22.7 Å². The highest BCUT2D eigenvalue weighted by molar-refractivity contribution is 7.89. The van der Waals surface area contributed by atoms with Gasteiger partial charge in [-0.1, -0.05) is 20.8 Å². The zero-order chi connectivity index (χ0) is 21.8. The molecule has 1 amide bonds. The van der Waals surface area contributed by atoms with E-state index in [1.165, 1.54) is 10.4 Å². The fourth-order valence-corrected chi connectivity index (χ4v) is 4.95. The molecule has 0 radical (unpaired) electrons. The van der Waals surface area contributed by atoms with Crippen LogP contribution in [0.1, 0.15) is 37.6 Å². The standard InChI is InChI=1S/C21H33N3O5S/c1-21(2,3)6-7-22-20(25)18-16-17(30(26,27)24-10-14-29-15-11-24)4-5-19(18)23-8-12-28-13-9-23/h4-5,16H,6-15H2,1-3H3,(H,22,25). The highest BCUT2D eigenvalue weighted by Gasteiger charge is 2.29. The van der Waals surface area contributed by atoms with Crippen LogP contribution in [0.3, 0.4) is 0 Å². The molecule has 2 aliphatic heterocycles. The number of rotatable bonds is 6. The average Bonchev–Trinajstić information content (AvgIpc) is 2.73. The van der Waals surface area contributed by atoms with E-state index >= 15 is 0 Å². The fourth-order valence-electron chi connectivity index (χ4n) is 3.52. The minimum absolute atomic E-state index is 0.0990. The number of nitrogens with one attached hydrogen (secondary N) is 1. The minimum atomic E-state index is -3.68. The van der Waals surface area contributed by atoms with Crippen LogP contribution in [0.25, 0.3) is 0 Å². The van der Waals surface area contributed by atoms with E-state index in [9.17, 15) is 13.2 Å². The Morgan fingerprint density at radius 1 is 1.03 bits per heavy atom. The Kier molecular flexibility index (Phi) is 7.38. The zero-order valence-corrected chi connectivity index (χ0v) is 19.0. The van der Waals surface area contributed by atoms with Crippen LogP contribution in [-0.2, 0) is 19.5 Å². The van der Waals surface area contributed by atoms with Crippen LogP contribution in [0.2, 0.25) is 0 Å². The van der Waals surface area contributed by atoms with Crippen molar-refractivity contribution in [2.24, 2.45) is 5.41 Å². The molecule has 1 aromatic carbocycles. The van der Waals surface area contributed by atoms with Gasteiger partial charge < -0.3 is 19.7 Å². The Bertz CT molecular complexity index is 839. The summed E-state index contributed by atoms with van der Waals surface area (Å²) in [6, 6.07) is 4.86. The molecule has 30 heavy (non-hydrogen) atoms. The van der Waals surface area contributed by atoms with Gasteiger partial charge in [0.15, 0.2) is 0 Å². The Morgan fingerprint density at radius 3 is 2.23 bits per heavy atom. The largest absolute Gasteiger partial charge is 0.379 e. The summed E-state index contributed by atoms with van der Waals surface area (Å²) in [5.74, 6) is -0.250. The lowest BCUT2D eigenvalue weighted by Crippen LogP contribution is -2.41. The van der Waals surface area contributed by atoms with Crippen molar-refractivity contribution in [1.82, 2.24) is 9.62 Å². The van der Waals surface area contributed by atoms with Crippen LogP contribution >= 0.6 is 0 Å². The molecule has 0 saturated carbocycles. The first-order valence-electron chi connectivity index (χ1n) is 10.5. The Morgan fingerprint density at radius 2 is 1.63 bits per heavy atom. The Hall–Kier alpha value is -1.68. The highest BCUT2D eigenvalue weighted by atomic mass is 32.2. The van der Waals surface area contributed by atoms with E-state index in [4.69, 9.17) is 9.47 Å². The number of hydrogen-bond acceptors (Lipinski definition) is 6. The number of nitrogens with zero attached hydrogens (tertiary/aromatic N) is 2. The van der Waals surface area contributed by atoms with Gasteiger partial charge in [-0.25, -0.2) is 8.42 Å². The maximum atomic E-state index is 13.1. The second kappa shape index (κ2) is 9.64. The molecule has 2 fully saturated rings. The molecule has 9 heteroatoms. The van der Waals surface area contributed by atoms with Crippen molar-refractivity contribution in [3.8, 4) is 0 Å². The molecule has 0 spiro atoms. The molecule has 0 atom stereocenters. The van der Waals surface area contributed by atoms with E-state index in [1.54, 1.807) is 12.1 Å². The van der Waals surface area contributed by atoms with Crippen molar-refractivity contribution in [3.63, 3.8) is 0 Å². The number of benzene rings is 1. The van der Waals surface area contributed by atoms with E-state index in [-0.39, 0.29) is 16.2 Å². The monoisotopic (exact) mass is 439 g/mol. The smallest absolute Gasteiger partial charge is 0.253 e. The van der Waals surface area contributed by atoms with Crippen molar-refractivity contribution in [1.29, 1.82) is 0 Å². The predicted octanol–water partition coefficient (Wildman–Crippen LogP) is 1.71. The van der Waals surface area contributed by atoms with Crippen LogP contribution in [0.15, 0.2) is 23.1 Å². The molecule has 0 aliphatic carbocycles. The zero-order valence-electron chi connectivity index (χ0n) is 18.1. The number of ether oxygens (including phenoxy) is 2. The maximum absolute atomic E-state index is 13.1. The maximum Gasteiger partial charge on any atom is 0.253 e. The first-order chi connectivity index (χ1) is 14.2. The van der Waals surface area contributed by atoms with Gasteiger partial charge in [0.05, 0.1) is 36.9 Å². The minimum Gasteiger partial charge on any atom is -0.379 e. The van der Waals surface area contributed by atoms with Crippen molar-refractivity contribution >= 4 is 21.6 Å². The molecular formula is C21H33N3O5S. The average molecular weight is 440 g/mol. The van der Waals surface area contributed by atoms with E-state index in [1.807, 2.05) is 0 Å². The van der Waals surface area contributed by atoms with Gasteiger partial charge in [0.2, 0.25) is 10.0 Å². The summed E-state index contributed by atoms with van der Waals surface area (Å²) >= 11 is 0. The topological polar surface area (TPSA) is 88.2 Å². The first-order valence-corrected chi connectivity index (χ1v) is 12.0. The number of anilines is 1. The quantitative estimate of drug-likeness (QED) is 0.726. The SMILES string of the molecule is CC(C)(C)CCNC(=O)c1cc(S(=O)(=O)N2CCOCC2)ccc1N1CCOCC1. The van der Waals surface area contributed by atoms with Crippen LogP contribution < -0.4 is 10.2 Å². The number of amides is 1. The molecule has 2 saturated heterocycles. The molecule has 3 rings (SSSR count).